The highest BCUT2D eigenvalue weighted by Gasteiger charge is 2.15. The van der Waals surface area contributed by atoms with Gasteiger partial charge in [0.25, 0.3) is 0 Å². The van der Waals surface area contributed by atoms with Crippen LogP contribution in [0.5, 0.6) is 11.5 Å². The smallest absolute Gasteiger partial charge is 0.163 e. The summed E-state index contributed by atoms with van der Waals surface area (Å²) < 4.78 is 11.1. The highest BCUT2D eigenvalue weighted by Crippen LogP contribution is 2.36. The van der Waals surface area contributed by atoms with Gasteiger partial charge >= 0.3 is 0 Å². The fraction of sp³-hybridized carbons (Fsp3) is 0.500. The van der Waals surface area contributed by atoms with Crippen LogP contribution in [0.15, 0.2) is 29.3 Å². The lowest BCUT2D eigenvalue weighted by Crippen LogP contribution is -2.07. The molecule has 1 rings (SSSR count). The van der Waals surface area contributed by atoms with Crippen LogP contribution in [0.4, 0.5) is 5.69 Å². The molecule has 0 aliphatic carbocycles. The van der Waals surface area contributed by atoms with E-state index in [-0.39, 0.29) is 17.8 Å². The number of allylic oxidation sites excluding steroid dienone is 1. The van der Waals surface area contributed by atoms with Gasteiger partial charge in [-0.05, 0) is 45.6 Å². The number of rotatable bonds is 9. The first kappa shape index (κ1) is 19.9. The van der Waals surface area contributed by atoms with E-state index >= 15 is 0 Å². The van der Waals surface area contributed by atoms with Crippen LogP contribution in [-0.2, 0) is 0 Å². The highest BCUT2D eigenvalue weighted by molar-refractivity contribution is 6.00. The van der Waals surface area contributed by atoms with E-state index in [9.17, 15) is 4.79 Å². The van der Waals surface area contributed by atoms with Crippen LogP contribution in [0.1, 0.15) is 57.8 Å². The maximum atomic E-state index is 12.0. The highest BCUT2D eigenvalue weighted by atomic mass is 16.5. The molecular formula is C20H29NO3. The molecule has 1 unspecified atom stereocenters. The number of benzene rings is 1. The van der Waals surface area contributed by atoms with Crippen LogP contribution in [0.2, 0.25) is 0 Å². The Hall–Kier alpha value is -2.10. The van der Waals surface area contributed by atoms with E-state index in [1.54, 1.807) is 19.2 Å². The largest absolute Gasteiger partial charge is 0.493 e. The molecule has 0 fully saturated rings. The topological polar surface area (TPSA) is 47.9 Å². The number of nitrogens with zero attached hydrogens (tertiary/aromatic N) is 1. The number of carbonyl (C=O) groups excluding carboxylic acids is 1. The summed E-state index contributed by atoms with van der Waals surface area (Å²) in [7, 11) is 1.56. The van der Waals surface area contributed by atoms with Crippen molar-refractivity contribution < 1.29 is 14.3 Å². The lowest BCUT2D eigenvalue weighted by Gasteiger charge is -2.16. The summed E-state index contributed by atoms with van der Waals surface area (Å²) in [5, 5.41) is 0. The van der Waals surface area contributed by atoms with Gasteiger partial charge in [0.1, 0.15) is 0 Å². The Kier molecular flexibility index (Phi) is 7.69. The molecule has 24 heavy (non-hydrogen) atoms. The summed E-state index contributed by atoms with van der Waals surface area (Å²) in [5.74, 6) is 1.34. The number of carbonyl (C=O) groups is 1. The molecule has 0 bridgehead atoms. The van der Waals surface area contributed by atoms with Crippen molar-refractivity contribution >= 4 is 17.7 Å². The predicted octanol–water partition coefficient (Wildman–Crippen LogP) is 5.38. The Morgan fingerprint density at radius 3 is 2.46 bits per heavy atom. The molecule has 4 heteroatoms. The summed E-state index contributed by atoms with van der Waals surface area (Å²) in [6.07, 6.45) is 3.73. The molecule has 0 heterocycles. The molecule has 1 aromatic carbocycles. The molecule has 1 atom stereocenters. The molecule has 0 spiro atoms. The van der Waals surface area contributed by atoms with Gasteiger partial charge in [-0.3, -0.25) is 9.79 Å². The van der Waals surface area contributed by atoms with E-state index in [2.05, 4.69) is 25.4 Å². The van der Waals surface area contributed by atoms with E-state index in [1.807, 2.05) is 20.1 Å². The number of aliphatic imine (C=N–C) groups is 1. The van der Waals surface area contributed by atoms with Crippen LogP contribution in [0.3, 0.4) is 0 Å². The van der Waals surface area contributed by atoms with Gasteiger partial charge in [-0.1, -0.05) is 26.0 Å². The number of ketones is 1. The average molecular weight is 331 g/mol. The third-order valence-electron chi connectivity index (χ3n) is 3.60. The maximum absolute atomic E-state index is 12.0. The number of hydrogen-bond donors (Lipinski definition) is 0. The first-order valence-electron chi connectivity index (χ1n) is 8.38. The van der Waals surface area contributed by atoms with Crippen LogP contribution in [-0.4, -0.2) is 25.2 Å². The lowest BCUT2D eigenvalue weighted by atomic mass is 10.0. The maximum Gasteiger partial charge on any atom is 0.163 e. The van der Waals surface area contributed by atoms with Crippen molar-refractivity contribution in [3.63, 3.8) is 0 Å². The number of hydrogen-bond acceptors (Lipinski definition) is 4. The molecule has 0 aromatic heterocycles. The normalized spacial score (nSPS) is 12.5. The van der Waals surface area contributed by atoms with Crippen LogP contribution < -0.4 is 9.47 Å². The van der Waals surface area contributed by atoms with Crippen molar-refractivity contribution in [3.05, 3.63) is 29.8 Å². The zero-order valence-corrected chi connectivity index (χ0v) is 15.7. The van der Waals surface area contributed by atoms with Crippen molar-refractivity contribution in [1.82, 2.24) is 0 Å². The summed E-state index contributed by atoms with van der Waals surface area (Å²) in [6, 6.07) is 3.47. The van der Waals surface area contributed by atoms with Crippen molar-refractivity contribution in [2.45, 2.75) is 53.6 Å². The first-order valence-corrected chi connectivity index (χ1v) is 8.38. The minimum Gasteiger partial charge on any atom is -0.493 e. The second-order valence-corrected chi connectivity index (χ2v) is 6.31. The third-order valence-corrected chi connectivity index (χ3v) is 3.60. The minimum atomic E-state index is -0.0535. The van der Waals surface area contributed by atoms with Gasteiger partial charge in [-0.25, -0.2) is 0 Å². The van der Waals surface area contributed by atoms with Gasteiger partial charge in [0.15, 0.2) is 17.3 Å². The van der Waals surface area contributed by atoms with Gasteiger partial charge in [0, 0.05) is 17.8 Å². The van der Waals surface area contributed by atoms with E-state index in [0.29, 0.717) is 22.7 Å². The van der Waals surface area contributed by atoms with Gasteiger partial charge in [0.2, 0.25) is 0 Å². The Morgan fingerprint density at radius 2 is 1.96 bits per heavy atom. The second-order valence-electron chi connectivity index (χ2n) is 6.31. The Labute approximate surface area is 145 Å². The summed E-state index contributed by atoms with van der Waals surface area (Å²) in [5.41, 5.74) is 2.33. The van der Waals surface area contributed by atoms with Gasteiger partial charge in [0.05, 0.1) is 18.9 Å². The van der Waals surface area contributed by atoms with Gasteiger partial charge in [-0.15, -0.1) is 0 Å². The molecule has 1 aromatic rings. The molecule has 4 nitrogen and oxygen atoms in total. The molecule has 0 amide bonds. The van der Waals surface area contributed by atoms with Crippen LogP contribution in [0.25, 0.3) is 0 Å². The monoisotopic (exact) mass is 331 g/mol. The first-order chi connectivity index (χ1) is 11.3. The number of Topliss-reactive ketones (excluding diaryl/α,β-unsaturated/α-hetero) is 1. The zero-order chi connectivity index (χ0) is 18.3. The molecule has 0 saturated heterocycles. The fourth-order valence-electron chi connectivity index (χ4n) is 2.30. The third kappa shape index (κ3) is 5.84. The van der Waals surface area contributed by atoms with Gasteiger partial charge < -0.3 is 9.47 Å². The number of ether oxygens (including phenoxy) is 2. The number of methoxy groups -OCH3 is 1. The average Bonchev–Trinajstić information content (AvgIpc) is 2.51. The van der Waals surface area contributed by atoms with Crippen molar-refractivity contribution in [3.8, 4) is 11.5 Å². The van der Waals surface area contributed by atoms with Crippen LogP contribution >= 0.6 is 0 Å². The zero-order valence-electron chi connectivity index (χ0n) is 15.7. The SMILES string of the molecule is C=C(CC)CC(C)C=Nc1cc(OC(C)C)c(OC)cc1C(C)=O. The molecule has 132 valence electrons. The molecule has 0 radical (unpaired) electrons. The second kappa shape index (κ2) is 9.26. The molecule has 0 aliphatic heterocycles. The van der Waals surface area contributed by atoms with Gasteiger partial charge in [-0.2, -0.15) is 0 Å². The summed E-state index contributed by atoms with van der Waals surface area (Å²) >= 11 is 0. The fourth-order valence-corrected chi connectivity index (χ4v) is 2.30. The summed E-state index contributed by atoms with van der Waals surface area (Å²) in [6.45, 7) is 13.6. The Morgan fingerprint density at radius 1 is 1.29 bits per heavy atom. The quantitative estimate of drug-likeness (QED) is 0.347. The minimum absolute atomic E-state index is 0.00529. The lowest BCUT2D eigenvalue weighted by molar-refractivity contribution is 0.101. The van der Waals surface area contributed by atoms with Crippen molar-refractivity contribution in [2.75, 3.05) is 7.11 Å². The molecule has 0 N–H and O–H groups in total. The Bertz CT molecular complexity index is 618. The molecule has 0 aliphatic rings. The summed E-state index contributed by atoms with van der Waals surface area (Å²) in [4.78, 5) is 16.5. The van der Waals surface area contributed by atoms with Crippen LogP contribution in [0, 0.1) is 5.92 Å². The van der Waals surface area contributed by atoms with Crippen molar-refractivity contribution in [1.29, 1.82) is 0 Å². The predicted molar refractivity (Wildman–Crippen MR) is 100 cm³/mol. The molecule has 0 saturated carbocycles. The van der Waals surface area contributed by atoms with Crippen molar-refractivity contribution in [2.24, 2.45) is 10.9 Å². The standard InChI is InChI=1S/C20H29NO3/c1-8-14(4)9-15(5)12-21-18-11-20(24-13(2)3)19(23-7)10-17(18)16(6)22/h10-13,15H,4,8-9H2,1-3,5-7H3. The van der Waals surface area contributed by atoms with E-state index in [1.165, 1.54) is 12.5 Å². The molecular weight excluding hydrogens is 302 g/mol. The van der Waals surface area contributed by atoms with E-state index in [4.69, 9.17) is 9.47 Å². The van der Waals surface area contributed by atoms with E-state index < -0.39 is 0 Å². The van der Waals surface area contributed by atoms with E-state index in [0.717, 1.165) is 12.8 Å². The Balaban J connectivity index is 3.18.